The molecule has 1 N–H and O–H groups in total. The number of rotatable bonds is 6. The molecule has 1 aliphatic carbocycles. The molecule has 4 rings (SSSR count). The van der Waals surface area contributed by atoms with Gasteiger partial charge in [0.05, 0.1) is 5.69 Å². The summed E-state index contributed by atoms with van der Waals surface area (Å²) in [7, 11) is 1.97. The number of pyridine rings is 1. The van der Waals surface area contributed by atoms with Crippen LogP contribution < -0.4 is 5.32 Å². The average molecular weight is 318 g/mol. The number of benzene rings is 1. The van der Waals surface area contributed by atoms with E-state index in [2.05, 4.69) is 58.0 Å². The quantitative estimate of drug-likeness (QED) is 0.758. The van der Waals surface area contributed by atoms with Crippen molar-refractivity contribution in [2.45, 2.75) is 24.8 Å². The molecule has 0 radical (unpaired) electrons. The number of aryl methyl sites for hydroxylation is 1. The molecule has 122 valence electrons. The van der Waals surface area contributed by atoms with Gasteiger partial charge in [-0.3, -0.25) is 9.67 Å². The first-order valence-electron chi connectivity index (χ1n) is 8.46. The van der Waals surface area contributed by atoms with Gasteiger partial charge in [-0.05, 0) is 30.5 Å². The van der Waals surface area contributed by atoms with Crippen molar-refractivity contribution in [2.24, 2.45) is 7.05 Å². The van der Waals surface area contributed by atoms with Crippen molar-refractivity contribution in [2.75, 3.05) is 6.54 Å². The van der Waals surface area contributed by atoms with E-state index in [1.165, 1.54) is 24.0 Å². The summed E-state index contributed by atoms with van der Waals surface area (Å²) < 4.78 is 1.88. The number of nitrogens with one attached hydrogen (secondary N) is 1. The lowest BCUT2D eigenvalue weighted by Gasteiger charge is -2.16. The lowest BCUT2D eigenvalue weighted by molar-refractivity contribution is 0.574. The molecular weight excluding hydrogens is 296 g/mol. The van der Waals surface area contributed by atoms with Crippen molar-refractivity contribution in [3.63, 3.8) is 0 Å². The fourth-order valence-electron chi connectivity index (χ4n) is 3.36. The minimum absolute atomic E-state index is 0.331. The molecule has 0 amide bonds. The molecule has 0 saturated heterocycles. The monoisotopic (exact) mass is 318 g/mol. The zero-order chi connectivity index (χ0) is 16.4. The molecule has 4 nitrogen and oxygen atoms in total. The number of nitrogens with zero attached hydrogens (tertiary/aromatic N) is 3. The summed E-state index contributed by atoms with van der Waals surface area (Å²) in [5, 5.41) is 8.26. The van der Waals surface area contributed by atoms with Gasteiger partial charge in [-0.1, -0.05) is 30.3 Å². The van der Waals surface area contributed by atoms with Gasteiger partial charge in [0.1, 0.15) is 0 Å². The third kappa shape index (κ3) is 2.97. The van der Waals surface area contributed by atoms with Crippen molar-refractivity contribution in [1.82, 2.24) is 20.1 Å². The Balaban J connectivity index is 1.46. The van der Waals surface area contributed by atoms with Crippen LogP contribution in [0, 0.1) is 0 Å². The van der Waals surface area contributed by atoms with Crippen molar-refractivity contribution in [3.8, 4) is 11.3 Å². The highest BCUT2D eigenvalue weighted by Crippen LogP contribution is 2.47. The SMILES string of the molecule is Cn1cc(CNCC2(c3ccccc3)CC2)c(-c2cccnc2)n1. The molecule has 2 aromatic heterocycles. The maximum atomic E-state index is 4.61. The van der Waals surface area contributed by atoms with Crippen molar-refractivity contribution >= 4 is 0 Å². The van der Waals surface area contributed by atoms with E-state index < -0.39 is 0 Å². The van der Waals surface area contributed by atoms with Crippen LogP contribution in [0.5, 0.6) is 0 Å². The normalized spacial score (nSPS) is 15.4. The Bertz CT molecular complexity index is 804. The average Bonchev–Trinajstić information content (AvgIpc) is 3.33. The highest BCUT2D eigenvalue weighted by atomic mass is 15.3. The predicted octanol–water partition coefficient (Wildman–Crippen LogP) is 3.30. The van der Waals surface area contributed by atoms with Crippen LogP contribution in [0.1, 0.15) is 24.0 Å². The highest BCUT2D eigenvalue weighted by molar-refractivity contribution is 5.61. The van der Waals surface area contributed by atoms with Crippen LogP contribution in [-0.4, -0.2) is 21.3 Å². The Morgan fingerprint density at radius 3 is 2.67 bits per heavy atom. The van der Waals surface area contributed by atoms with Gasteiger partial charge in [0.15, 0.2) is 0 Å². The maximum absolute atomic E-state index is 4.61. The molecule has 0 bridgehead atoms. The summed E-state index contributed by atoms with van der Waals surface area (Å²) in [5.41, 5.74) is 5.09. The molecule has 0 aliphatic heterocycles. The minimum atomic E-state index is 0.331. The number of hydrogen-bond acceptors (Lipinski definition) is 3. The van der Waals surface area contributed by atoms with Crippen LogP contribution in [0.3, 0.4) is 0 Å². The fourth-order valence-corrected chi connectivity index (χ4v) is 3.36. The third-order valence-corrected chi connectivity index (χ3v) is 4.86. The van der Waals surface area contributed by atoms with E-state index in [0.717, 1.165) is 24.3 Å². The largest absolute Gasteiger partial charge is 0.312 e. The lowest BCUT2D eigenvalue weighted by Crippen LogP contribution is -2.26. The first kappa shape index (κ1) is 15.1. The van der Waals surface area contributed by atoms with E-state index in [1.54, 1.807) is 6.20 Å². The third-order valence-electron chi connectivity index (χ3n) is 4.86. The van der Waals surface area contributed by atoms with E-state index in [4.69, 9.17) is 0 Å². The van der Waals surface area contributed by atoms with E-state index in [9.17, 15) is 0 Å². The first-order valence-corrected chi connectivity index (χ1v) is 8.46. The minimum Gasteiger partial charge on any atom is -0.312 e. The van der Waals surface area contributed by atoms with Crippen LogP contribution in [-0.2, 0) is 19.0 Å². The molecule has 1 aliphatic rings. The summed E-state index contributed by atoms with van der Waals surface area (Å²) in [6.45, 7) is 1.84. The van der Waals surface area contributed by atoms with Crippen LogP contribution in [0.2, 0.25) is 0 Å². The maximum Gasteiger partial charge on any atom is 0.0983 e. The Morgan fingerprint density at radius 1 is 1.12 bits per heavy atom. The lowest BCUT2D eigenvalue weighted by atomic mass is 9.96. The molecule has 1 fully saturated rings. The summed E-state index contributed by atoms with van der Waals surface area (Å²) in [5.74, 6) is 0. The fraction of sp³-hybridized carbons (Fsp3) is 0.300. The predicted molar refractivity (Wildman–Crippen MR) is 95.5 cm³/mol. The topological polar surface area (TPSA) is 42.7 Å². The van der Waals surface area contributed by atoms with Gasteiger partial charge in [0.25, 0.3) is 0 Å². The molecule has 0 spiro atoms. The van der Waals surface area contributed by atoms with Gasteiger partial charge < -0.3 is 5.32 Å². The van der Waals surface area contributed by atoms with Crippen LogP contribution >= 0.6 is 0 Å². The Morgan fingerprint density at radius 2 is 1.96 bits per heavy atom. The smallest absolute Gasteiger partial charge is 0.0983 e. The molecule has 3 aromatic rings. The molecule has 0 unspecified atom stereocenters. The van der Waals surface area contributed by atoms with Crippen molar-refractivity contribution in [1.29, 1.82) is 0 Å². The Labute approximate surface area is 142 Å². The molecule has 4 heteroatoms. The Hall–Kier alpha value is -2.46. The number of aromatic nitrogens is 3. The number of hydrogen-bond donors (Lipinski definition) is 1. The standard InChI is InChI=1S/C20H22N4/c1-24-14-17(19(23-24)16-6-5-11-21-12-16)13-22-15-20(9-10-20)18-7-3-2-4-8-18/h2-8,11-12,14,22H,9-10,13,15H2,1H3. The molecule has 1 saturated carbocycles. The van der Waals surface area contributed by atoms with Gasteiger partial charge in [-0.2, -0.15) is 5.10 Å². The summed E-state index contributed by atoms with van der Waals surface area (Å²) in [6.07, 6.45) is 8.30. The zero-order valence-electron chi connectivity index (χ0n) is 13.9. The second-order valence-corrected chi connectivity index (χ2v) is 6.67. The summed E-state index contributed by atoms with van der Waals surface area (Å²) >= 11 is 0. The van der Waals surface area contributed by atoms with E-state index in [-0.39, 0.29) is 0 Å². The van der Waals surface area contributed by atoms with Crippen LogP contribution in [0.25, 0.3) is 11.3 Å². The molecule has 2 heterocycles. The van der Waals surface area contributed by atoms with Crippen molar-refractivity contribution in [3.05, 3.63) is 72.2 Å². The van der Waals surface area contributed by atoms with E-state index in [1.807, 2.05) is 24.0 Å². The summed E-state index contributed by atoms with van der Waals surface area (Å²) in [4.78, 5) is 4.21. The highest BCUT2D eigenvalue weighted by Gasteiger charge is 2.43. The second kappa shape index (κ2) is 6.21. The molecular formula is C20H22N4. The van der Waals surface area contributed by atoms with Gasteiger partial charge in [0, 0.05) is 55.3 Å². The molecule has 0 atom stereocenters. The molecule has 24 heavy (non-hydrogen) atoms. The van der Waals surface area contributed by atoms with Crippen LogP contribution in [0.15, 0.2) is 61.1 Å². The second-order valence-electron chi connectivity index (χ2n) is 6.67. The zero-order valence-corrected chi connectivity index (χ0v) is 13.9. The Kier molecular flexibility index (Phi) is 3.90. The van der Waals surface area contributed by atoms with Gasteiger partial charge >= 0.3 is 0 Å². The summed E-state index contributed by atoms with van der Waals surface area (Å²) in [6, 6.07) is 14.9. The first-order chi connectivity index (χ1) is 11.8. The van der Waals surface area contributed by atoms with E-state index in [0.29, 0.717) is 5.41 Å². The van der Waals surface area contributed by atoms with Gasteiger partial charge in [0.2, 0.25) is 0 Å². The van der Waals surface area contributed by atoms with Crippen molar-refractivity contribution < 1.29 is 0 Å². The van der Waals surface area contributed by atoms with Crippen LogP contribution in [0.4, 0.5) is 0 Å². The van der Waals surface area contributed by atoms with Gasteiger partial charge in [-0.15, -0.1) is 0 Å². The van der Waals surface area contributed by atoms with E-state index >= 15 is 0 Å². The molecule has 1 aromatic carbocycles. The van der Waals surface area contributed by atoms with Gasteiger partial charge in [-0.25, -0.2) is 0 Å².